The van der Waals surface area contributed by atoms with Crippen molar-refractivity contribution in [1.29, 1.82) is 0 Å². The summed E-state index contributed by atoms with van der Waals surface area (Å²) in [6, 6.07) is 44.2. The van der Waals surface area contributed by atoms with Gasteiger partial charge in [0.05, 0.1) is 0 Å². The number of fused-ring (bicyclic) bond motifs is 8. The number of anilines is 3. The number of hydrogen-bond acceptors (Lipinski definition) is 2. The maximum atomic E-state index is 2.67. The molecule has 0 fully saturated rings. The van der Waals surface area contributed by atoms with Crippen molar-refractivity contribution in [2.75, 3.05) is 4.90 Å². The molecule has 2 aliphatic rings. The van der Waals surface area contributed by atoms with Gasteiger partial charge in [0.1, 0.15) is 0 Å². The van der Waals surface area contributed by atoms with Gasteiger partial charge in [0.15, 0.2) is 0 Å². The van der Waals surface area contributed by atoms with E-state index < -0.39 is 0 Å². The van der Waals surface area contributed by atoms with Crippen LogP contribution in [0.15, 0.2) is 115 Å². The number of benzene rings is 6. The van der Waals surface area contributed by atoms with Gasteiger partial charge in [0.25, 0.3) is 0 Å². The van der Waals surface area contributed by atoms with Gasteiger partial charge in [-0.05, 0) is 96.4 Å². The fourth-order valence-electron chi connectivity index (χ4n) is 9.04. The second kappa shape index (κ2) is 11.0. The molecule has 1 aromatic heterocycles. The fourth-order valence-corrected chi connectivity index (χ4v) is 10.2. The summed E-state index contributed by atoms with van der Waals surface area (Å²) < 4.78 is 2.68. The maximum Gasteiger partial charge on any atom is 0.248 e. The summed E-state index contributed by atoms with van der Waals surface area (Å²) in [7, 11) is 0. The minimum atomic E-state index is -0.0614. The van der Waals surface area contributed by atoms with Gasteiger partial charge in [-0.3, -0.25) is 0 Å². The van der Waals surface area contributed by atoms with E-state index in [-0.39, 0.29) is 23.0 Å². The van der Waals surface area contributed by atoms with E-state index in [1.54, 1.807) is 0 Å². The summed E-state index contributed by atoms with van der Waals surface area (Å²) in [5.41, 5.74) is 17.6. The Bertz CT molecular complexity index is 2550. The quantitative estimate of drug-likeness (QED) is 0.164. The molecule has 0 spiro atoms. The highest BCUT2D eigenvalue weighted by Gasteiger charge is 2.46. The SMILES string of the molecule is CC(C)(C)c1ccccc1N1c2cc(-c3cccc4sc5ccccc5c34)cc3c2B(c2cccc(C(C)(C)C)c2-3)c2cccc(C(C)(C)C)c21. The lowest BCUT2D eigenvalue weighted by molar-refractivity contribution is 0.587. The first-order valence-electron chi connectivity index (χ1n) is 18.5. The van der Waals surface area contributed by atoms with E-state index in [0.29, 0.717) is 0 Å². The number of nitrogens with zero attached hydrogens (tertiary/aromatic N) is 1. The second-order valence-electron chi connectivity index (χ2n) is 17.8. The van der Waals surface area contributed by atoms with Crippen LogP contribution in [0.4, 0.5) is 17.1 Å². The van der Waals surface area contributed by atoms with Crippen molar-refractivity contribution in [2.24, 2.45) is 0 Å². The Hall–Kier alpha value is -4.60. The Morgan fingerprint density at radius 2 is 1.12 bits per heavy atom. The van der Waals surface area contributed by atoms with Crippen LogP contribution in [-0.2, 0) is 16.2 Å². The molecule has 3 heteroatoms. The van der Waals surface area contributed by atoms with Gasteiger partial charge in [0, 0.05) is 37.2 Å². The summed E-state index contributed by atoms with van der Waals surface area (Å²) in [5.74, 6) is 0. The van der Waals surface area contributed by atoms with Gasteiger partial charge >= 0.3 is 0 Å². The van der Waals surface area contributed by atoms with E-state index in [0.717, 1.165) is 0 Å². The Labute approximate surface area is 308 Å². The van der Waals surface area contributed by atoms with Crippen molar-refractivity contribution in [3.05, 3.63) is 132 Å². The molecule has 3 heterocycles. The van der Waals surface area contributed by atoms with Crippen molar-refractivity contribution in [2.45, 2.75) is 78.6 Å². The number of hydrogen-bond donors (Lipinski definition) is 0. The Morgan fingerprint density at radius 3 is 1.86 bits per heavy atom. The monoisotopic (exact) mass is 679 g/mol. The van der Waals surface area contributed by atoms with Gasteiger partial charge in [-0.15, -0.1) is 11.3 Å². The van der Waals surface area contributed by atoms with Crippen molar-refractivity contribution >= 4 is 71.7 Å². The van der Waals surface area contributed by atoms with E-state index in [2.05, 4.69) is 182 Å². The molecule has 0 radical (unpaired) electrons. The zero-order chi connectivity index (χ0) is 35.6. The molecule has 0 N–H and O–H groups in total. The minimum absolute atomic E-state index is 0.0140. The van der Waals surface area contributed by atoms with E-state index >= 15 is 0 Å². The number of thiophene rings is 1. The van der Waals surface area contributed by atoms with Gasteiger partial charge in [-0.25, -0.2) is 0 Å². The average molecular weight is 680 g/mol. The molecule has 252 valence electrons. The summed E-state index contributed by atoms with van der Waals surface area (Å²) in [6.45, 7) is 21.4. The molecule has 7 aromatic rings. The molecule has 9 rings (SSSR count). The van der Waals surface area contributed by atoms with Crippen LogP contribution in [0.3, 0.4) is 0 Å². The molecular formula is C48H46BNS. The first-order valence-corrected chi connectivity index (χ1v) is 19.3. The lowest BCUT2D eigenvalue weighted by Crippen LogP contribution is -2.55. The largest absolute Gasteiger partial charge is 0.311 e. The number of rotatable bonds is 2. The predicted molar refractivity (Wildman–Crippen MR) is 226 cm³/mol. The van der Waals surface area contributed by atoms with Crippen molar-refractivity contribution < 1.29 is 0 Å². The van der Waals surface area contributed by atoms with Gasteiger partial charge in [-0.2, -0.15) is 0 Å². The highest BCUT2D eigenvalue weighted by Crippen LogP contribution is 2.50. The zero-order valence-corrected chi connectivity index (χ0v) is 32.2. The van der Waals surface area contributed by atoms with E-state index in [1.165, 1.54) is 92.6 Å². The van der Waals surface area contributed by atoms with Crippen LogP contribution in [0.5, 0.6) is 0 Å². The smallest absolute Gasteiger partial charge is 0.248 e. The van der Waals surface area contributed by atoms with E-state index in [9.17, 15) is 0 Å². The second-order valence-corrected chi connectivity index (χ2v) is 18.9. The number of para-hydroxylation sites is 2. The third-order valence-electron chi connectivity index (χ3n) is 11.2. The van der Waals surface area contributed by atoms with Crippen LogP contribution in [0.25, 0.3) is 42.4 Å². The molecule has 0 aliphatic carbocycles. The molecule has 0 unspecified atom stereocenters. The lowest BCUT2D eigenvalue weighted by Gasteiger charge is -2.41. The van der Waals surface area contributed by atoms with E-state index in [4.69, 9.17) is 0 Å². The van der Waals surface area contributed by atoms with Crippen LogP contribution in [-0.4, -0.2) is 6.71 Å². The van der Waals surface area contributed by atoms with Gasteiger partial charge < -0.3 is 4.90 Å². The third kappa shape index (κ3) is 4.81. The molecule has 6 aromatic carbocycles. The molecular weight excluding hydrogens is 633 g/mol. The highest BCUT2D eigenvalue weighted by molar-refractivity contribution is 7.26. The maximum absolute atomic E-state index is 2.67. The summed E-state index contributed by atoms with van der Waals surface area (Å²) in [5, 5.41) is 2.70. The van der Waals surface area contributed by atoms with Gasteiger partial charge in [0.2, 0.25) is 6.71 Å². The molecule has 0 saturated carbocycles. The Morgan fingerprint density at radius 1 is 0.510 bits per heavy atom. The summed E-state index contributed by atoms with van der Waals surface area (Å²) in [6.07, 6.45) is 0. The summed E-state index contributed by atoms with van der Waals surface area (Å²) >= 11 is 1.90. The topological polar surface area (TPSA) is 3.24 Å². The standard InChI is InChI=1S/C48H46BNS/c1-46(2,3)33-19-11-12-24-38(33)50-39-28-29(30-18-14-26-41-42(30)31-17-10-13-25-40(31)51-41)27-32-43-34(47(4,5)6)20-15-22-36(43)49(44(32)39)37-23-16-21-35(45(37)50)48(7,8)9/h10-28H,1-9H3. The predicted octanol–water partition coefficient (Wildman–Crippen LogP) is 11.9. The molecule has 1 nitrogen and oxygen atoms in total. The van der Waals surface area contributed by atoms with Crippen LogP contribution >= 0.6 is 11.3 Å². The molecule has 0 amide bonds. The van der Waals surface area contributed by atoms with Crippen molar-refractivity contribution in [3.63, 3.8) is 0 Å². The normalized spacial score (nSPS) is 13.9. The molecule has 0 saturated heterocycles. The van der Waals surface area contributed by atoms with Crippen LogP contribution in [0.1, 0.15) is 79.0 Å². The molecule has 0 bridgehead atoms. The fraction of sp³-hybridized carbons (Fsp3) is 0.250. The zero-order valence-electron chi connectivity index (χ0n) is 31.4. The van der Waals surface area contributed by atoms with Gasteiger partial charge in [-0.1, -0.05) is 153 Å². The third-order valence-corrected chi connectivity index (χ3v) is 12.4. The van der Waals surface area contributed by atoms with E-state index in [1.807, 2.05) is 11.3 Å². The van der Waals surface area contributed by atoms with Crippen LogP contribution < -0.4 is 21.3 Å². The molecule has 51 heavy (non-hydrogen) atoms. The first-order chi connectivity index (χ1) is 24.2. The van der Waals surface area contributed by atoms with Crippen LogP contribution in [0, 0.1) is 0 Å². The van der Waals surface area contributed by atoms with Crippen molar-refractivity contribution in [3.8, 4) is 22.3 Å². The average Bonchev–Trinajstić information content (AvgIpc) is 3.64. The Kier molecular flexibility index (Phi) is 6.94. The molecule has 0 atom stereocenters. The lowest BCUT2D eigenvalue weighted by atomic mass is 9.36. The van der Waals surface area contributed by atoms with Crippen molar-refractivity contribution in [1.82, 2.24) is 0 Å². The summed E-state index contributed by atoms with van der Waals surface area (Å²) in [4.78, 5) is 2.67. The minimum Gasteiger partial charge on any atom is -0.311 e. The Balaban J connectivity index is 1.47. The van der Waals surface area contributed by atoms with Crippen LogP contribution in [0.2, 0.25) is 0 Å². The molecule has 2 aliphatic heterocycles. The first kappa shape index (κ1) is 32.3. The highest BCUT2D eigenvalue weighted by atomic mass is 32.1.